The second-order valence-electron chi connectivity index (χ2n) is 4.46. The molecule has 92 valence electrons. The lowest BCUT2D eigenvalue weighted by molar-refractivity contribution is 0.633. The Morgan fingerprint density at radius 3 is 2.71 bits per heavy atom. The van der Waals surface area contributed by atoms with Crippen molar-refractivity contribution in [3.05, 3.63) is 28.5 Å². The first kappa shape index (κ1) is 12.1. The highest BCUT2D eigenvalue weighted by Gasteiger charge is 2.15. The quantitative estimate of drug-likeness (QED) is 0.906. The highest BCUT2D eigenvalue weighted by atomic mass is 32.1. The normalized spacial score (nSPS) is 13.0. The topological polar surface area (TPSA) is 42.7 Å². The molecular formula is C12H18N4S. The van der Waals surface area contributed by atoms with Gasteiger partial charge in [-0.25, -0.2) is 9.97 Å². The van der Waals surface area contributed by atoms with Crippen molar-refractivity contribution in [3.8, 4) is 0 Å². The molecule has 0 saturated heterocycles. The molecule has 5 heteroatoms. The van der Waals surface area contributed by atoms with E-state index in [0.717, 1.165) is 16.6 Å². The van der Waals surface area contributed by atoms with Crippen molar-refractivity contribution in [1.29, 1.82) is 0 Å². The van der Waals surface area contributed by atoms with Crippen molar-refractivity contribution in [2.75, 3.05) is 5.32 Å². The molecule has 0 fully saturated rings. The fourth-order valence-corrected chi connectivity index (χ4v) is 2.53. The Morgan fingerprint density at radius 1 is 1.35 bits per heavy atom. The summed E-state index contributed by atoms with van der Waals surface area (Å²) in [5, 5.41) is 6.54. The molecule has 1 unspecified atom stereocenters. The fraction of sp³-hybridized carbons (Fsp3) is 0.500. The highest BCUT2D eigenvalue weighted by Crippen LogP contribution is 2.24. The van der Waals surface area contributed by atoms with Gasteiger partial charge in [0.05, 0.1) is 6.04 Å². The number of hydrogen-bond donors (Lipinski definition) is 1. The molecule has 0 bridgehead atoms. The molecule has 1 N–H and O–H groups in total. The van der Waals surface area contributed by atoms with E-state index >= 15 is 0 Å². The Bertz CT molecular complexity index is 486. The smallest absolute Gasteiger partial charge is 0.203 e. The largest absolute Gasteiger partial charge is 0.353 e. The van der Waals surface area contributed by atoms with Crippen molar-refractivity contribution in [3.63, 3.8) is 0 Å². The number of hydrogen-bond acceptors (Lipinski definition) is 4. The van der Waals surface area contributed by atoms with Crippen molar-refractivity contribution < 1.29 is 0 Å². The third kappa shape index (κ3) is 2.66. The zero-order valence-corrected chi connectivity index (χ0v) is 11.5. The summed E-state index contributed by atoms with van der Waals surface area (Å²) in [4.78, 5) is 8.87. The lowest BCUT2D eigenvalue weighted by atomic mass is 10.3. The number of rotatable bonds is 4. The molecule has 0 saturated carbocycles. The third-order valence-corrected chi connectivity index (χ3v) is 3.63. The molecule has 2 rings (SSSR count). The summed E-state index contributed by atoms with van der Waals surface area (Å²) >= 11 is 1.70. The van der Waals surface area contributed by atoms with E-state index in [1.165, 1.54) is 0 Å². The summed E-state index contributed by atoms with van der Waals surface area (Å²) < 4.78 is 2.12. The van der Waals surface area contributed by atoms with Crippen molar-refractivity contribution in [1.82, 2.24) is 14.5 Å². The van der Waals surface area contributed by atoms with Gasteiger partial charge in [0.25, 0.3) is 0 Å². The van der Waals surface area contributed by atoms with Crippen LogP contribution in [0.2, 0.25) is 0 Å². The minimum atomic E-state index is 0.220. The molecule has 0 aliphatic heterocycles. The molecule has 0 aliphatic carbocycles. The Labute approximate surface area is 106 Å². The first-order chi connectivity index (χ1) is 8.08. The van der Waals surface area contributed by atoms with Crippen LogP contribution in [0.25, 0.3) is 0 Å². The lowest BCUT2D eigenvalue weighted by Gasteiger charge is -2.16. The number of aromatic nitrogens is 3. The maximum atomic E-state index is 4.53. The van der Waals surface area contributed by atoms with Gasteiger partial charge >= 0.3 is 0 Å². The molecule has 17 heavy (non-hydrogen) atoms. The molecule has 2 aromatic rings. The molecule has 1 atom stereocenters. The van der Waals surface area contributed by atoms with Crippen LogP contribution in [0.5, 0.6) is 0 Å². The van der Waals surface area contributed by atoms with Crippen LogP contribution >= 0.6 is 11.3 Å². The summed E-state index contributed by atoms with van der Waals surface area (Å²) in [7, 11) is 0. The van der Waals surface area contributed by atoms with Gasteiger partial charge in [-0.1, -0.05) is 0 Å². The van der Waals surface area contributed by atoms with Crippen LogP contribution < -0.4 is 5.32 Å². The van der Waals surface area contributed by atoms with Crippen molar-refractivity contribution in [2.45, 2.75) is 39.8 Å². The van der Waals surface area contributed by atoms with Gasteiger partial charge in [-0.05, 0) is 27.7 Å². The second-order valence-corrected chi connectivity index (χ2v) is 5.35. The van der Waals surface area contributed by atoms with Gasteiger partial charge < -0.3 is 9.88 Å². The predicted octanol–water partition coefficient (Wildman–Crippen LogP) is 3.08. The van der Waals surface area contributed by atoms with Crippen LogP contribution in [0.15, 0.2) is 17.8 Å². The molecule has 0 aromatic carbocycles. The van der Waals surface area contributed by atoms with E-state index in [-0.39, 0.29) is 6.04 Å². The number of anilines is 1. The van der Waals surface area contributed by atoms with Gasteiger partial charge in [0.2, 0.25) is 5.95 Å². The number of nitrogens with one attached hydrogen (secondary N) is 1. The zero-order chi connectivity index (χ0) is 12.4. The van der Waals surface area contributed by atoms with Gasteiger partial charge in [-0.3, -0.25) is 0 Å². The monoisotopic (exact) mass is 250 g/mol. The third-order valence-electron chi connectivity index (χ3n) is 2.50. The average Bonchev–Trinajstić information content (AvgIpc) is 2.85. The number of imidazole rings is 1. The van der Waals surface area contributed by atoms with Gasteiger partial charge in [0.15, 0.2) is 0 Å². The maximum absolute atomic E-state index is 4.53. The summed E-state index contributed by atoms with van der Waals surface area (Å²) in [5.41, 5.74) is 1.08. The van der Waals surface area contributed by atoms with E-state index in [9.17, 15) is 0 Å². The van der Waals surface area contributed by atoms with Gasteiger partial charge in [0.1, 0.15) is 5.01 Å². The SMILES string of the molecule is Cc1csc(C(C)n2ccnc2NC(C)C)n1. The molecule has 0 amide bonds. The minimum absolute atomic E-state index is 0.220. The van der Waals surface area contributed by atoms with E-state index in [1.807, 2.05) is 19.3 Å². The molecule has 2 aromatic heterocycles. The lowest BCUT2D eigenvalue weighted by Crippen LogP contribution is -2.16. The van der Waals surface area contributed by atoms with Crippen LogP contribution in [-0.4, -0.2) is 20.6 Å². The van der Waals surface area contributed by atoms with Crippen LogP contribution in [0.1, 0.15) is 37.5 Å². The van der Waals surface area contributed by atoms with Crippen LogP contribution in [0.4, 0.5) is 5.95 Å². The Hall–Kier alpha value is -1.36. The predicted molar refractivity (Wildman–Crippen MR) is 71.6 cm³/mol. The average molecular weight is 250 g/mol. The first-order valence-corrected chi connectivity index (χ1v) is 6.67. The molecule has 0 spiro atoms. The van der Waals surface area contributed by atoms with Crippen LogP contribution in [0, 0.1) is 6.92 Å². The summed E-state index contributed by atoms with van der Waals surface area (Å²) in [6.45, 7) is 8.38. The van der Waals surface area contributed by atoms with E-state index in [2.05, 4.69) is 46.0 Å². The molecule has 2 heterocycles. The summed E-state index contributed by atoms with van der Waals surface area (Å²) in [5.74, 6) is 0.903. The van der Waals surface area contributed by atoms with Crippen molar-refractivity contribution >= 4 is 17.3 Å². The highest BCUT2D eigenvalue weighted by molar-refractivity contribution is 7.09. The van der Waals surface area contributed by atoms with E-state index < -0.39 is 0 Å². The molecular weight excluding hydrogens is 232 g/mol. The van der Waals surface area contributed by atoms with E-state index in [0.29, 0.717) is 6.04 Å². The fourth-order valence-electron chi connectivity index (χ4n) is 1.68. The minimum Gasteiger partial charge on any atom is -0.353 e. The summed E-state index contributed by atoms with van der Waals surface area (Å²) in [6, 6.07) is 0.596. The Morgan fingerprint density at radius 2 is 2.12 bits per heavy atom. The number of nitrogens with zero attached hydrogens (tertiary/aromatic N) is 3. The van der Waals surface area contributed by atoms with Crippen LogP contribution in [-0.2, 0) is 0 Å². The van der Waals surface area contributed by atoms with E-state index in [4.69, 9.17) is 0 Å². The van der Waals surface area contributed by atoms with Gasteiger partial charge in [-0.2, -0.15) is 0 Å². The Balaban J connectivity index is 2.24. The Kier molecular flexibility index (Phi) is 3.47. The van der Waals surface area contributed by atoms with Gasteiger partial charge in [0, 0.05) is 29.5 Å². The van der Waals surface area contributed by atoms with Crippen LogP contribution in [0.3, 0.4) is 0 Å². The zero-order valence-electron chi connectivity index (χ0n) is 10.6. The van der Waals surface area contributed by atoms with Gasteiger partial charge in [-0.15, -0.1) is 11.3 Å². The van der Waals surface area contributed by atoms with Crippen molar-refractivity contribution in [2.24, 2.45) is 0 Å². The second kappa shape index (κ2) is 4.87. The number of aryl methyl sites for hydroxylation is 1. The molecule has 4 nitrogen and oxygen atoms in total. The maximum Gasteiger partial charge on any atom is 0.203 e. The first-order valence-electron chi connectivity index (χ1n) is 5.79. The van der Waals surface area contributed by atoms with E-state index in [1.54, 1.807) is 11.3 Å². The number of thiazole rings is 1. The molecule has 0 radical (unpaired) electrons. The standard InChI is InChI=1S/C12H18N4S/c1-8(2)14-12-13-5-6-16(12)10(4)11-15-9(3)7-17-11/h5-8,10H,1-4H3,(H,13,14). The molecule has 0 aliphatic rings. The summed E-state index contributed by atoms with van der Waals surface area (Å²) in [6.07, 6.45) is 3.81.